The molecule has 0 spiro atoms. The quantitative estimate of drug-likeness (QED) is 0.715. The van der Waals surface area contributed by atoms with E-state index in [1.54, 1.807) is 55.5 Å². The third kappa shape index (κ3) is 4.04. The number of anilines is 2. The Balaban J connectivity index is 2.03. The molecule has 0 bridgehead atoms. The highest BCUT2D eigenvalue weighted by Gasteiger charge is 2.20. The smallest absolute Gasteiger partial charge is 0.294 e. The zero-order valence-electron chi connectivity index (χ0n) is 15.5. The van der Waals surface area contributed by atoms with E-state index in [2.05, 4.69) is 10.3 Å². The molecule has 3 rings (SSSR count). The molecule has 0 saturated carbocycles. The first-order chi connectivity index (χ1) is 13.4. The summed E-state index contributed by atoms with van der Waals surface area (Å²) in [4.78, 5) is 43.2. The van der Waals surface area contributed by atoms with E-state index < -0.39 is 11.5 Å². The second-order valence-electron chi connectivity index (χ2n) is 6.14. The Morgan fingerprint density at radius 1 is 1.18 bits per heavy atom. The van der Waals surface area contributed by atoms with Crippen molar-refractivity contribution in [2.24, 2.45) is 0 Å². The summed E-state index contributed by atoms with van der Waals surface area (Å²) in [5.74, 6) is -0.681. The van der Waals surface area contributed by atoms with Gasteiger partial charge in [-0.25, -0.2) is 4.98 Å². The molecular formula is C20H19ClN4O3. The largest absolute Gasteiger partial charge is 0.324 e. The van der Waals surface area contributed by atoms with Gasteiger partial charge in [-0.05, 0) is 37.3 Å². The SMILES string of the molecule is CCN(C(C)=O)c1nc2ccccc2n(CC(=O)Nc2cccc(Cl)c2)c1=O. The number of halogens is 1. The highest BCUT2D eigenvalue weighted by atomic mass is 35.5. The van der Waals surface area contributed by atoms with E-state index in [1.807, 2.05) is 0 Å². The van der Waals surface area contributed by atoms with E-state index >= 15 is 0 Å². The summed E-state index contributed by atoms with van der Waals surface area (Å²) < 4.78 is 1.32. The normalized spacial score (nSPS) is 10.7. The van der Waals surface area contributed by atoms with Gasteiger partial charge in [0.05, 0.1) is 11.0 Å². The Bertz CT molecular complexity index is 1110. The van der Waals surface area contributed by atoms with Crippen LogP contribution in [0.15, 0.2) is 53.3 Å². The van der Waals surface area contributed by atoms with E-state index in [0.717, 1.165) is 0 Å². The van der Waals surface area contributed by atoms with Crippen LogP contribution in [0, 0.1) is 0 Å². The second-order valence-corrected chi connectivity index (χ2v) is 6.57. The maximum Gasteiger partial charge on any atom is 0.294 e. The van der Waals surface area contributed by atoms with Crippen molar-refractivity contribution in [2.45, 2.75) is 20.4 Å². The molecule has 0 aliphatic rings. The molecule has 0 unspecified atom stereocenters. The Morgan fingerprint density at radius 2 is 1.93 bits per heavy atom. The van der Waals surface area contributed by atoms with Gasteiger partial charge in [-0.1, -0.05) is 29.8 Å². The van der Waals surface area contributed by atoms with Crippen LogP contribution in [0.1, 0.15) is 13.8 Å². The molecule has 1 N–H and O–H groups in total. The first-order valence-corrected chi connectivity index (χ1v) is 9.11. The molecule has 3 aromatic rings. The van der Waals surface area contributed by atoms with Crippen LogP contribution in [0.4, 0.5) is 11.5 Å². The molecular weight excluding hydrogens is 380 g/mol. The number of nitrogens with one attached hydrogen (secondary N) is 1. The minimum atomic E-state index is -0.503. The molecule has 1 aromatic heterocycles. The number of benzene rings is 2. The molecule has 2 amide bonds. The van der Waals surface area contributed by atoms with Crippen LogP contribution < -0.4 is 15.8 Å². The number of hydrogen-bond acceptors (Lipinski definition) is 4. The number of carbonyl (C=O) groups is 2. The Labute approximate surface area is 166 Å². The summed E-state index contributed by atoms with van der Waals surface area (Å²) >= 11 is 5.94. The maximum atomic E-state index is 13.0. The molecule has 0 saturated heterocycles. The van der Waals surface area contributed by atoms with Crippen molar-refractivity contribution in [3.8, 4) is 0 Å². The fraction of sp³-hybridized carbons (Fsp3) is 0.200. The van der Waals surface area contributed by atoms with Gasteiger partial charge in [0.25, 0.3) is 5.56 Å². The van der Waals surface area contributed by atoms with Crippen molar-refractivity contribution in [3.63, 3.8) is 0 Å². The van der Waals surface area contributed by atoms with Gasteiger partial charge in [0, 0.05) is 24.2 Å². The average molecular weight is 399 g/mol. The highest BCUT2D eigenvalue weighted by Crippen LogP contribution is 2.17. The summed E-state index contributed by atoms with van der Waals surface area (Å²) in [6.45, 7) is 3.20. The topological polar surface area (TPSA) is 84.3 Å². The lowest BCUT2D eigenvalue weighted by molar-refractivity contribution is -0.117. The van der Waals surface area contributed by atoms with E-state index in [9.17, 15) is 14.4 Å². The first kappa shape index (κ1) is 19.6. The van der Waals surface area contributed by atoms with Crippen LogP contribution in [-0.4, -0.2) is 27.9 Å². The van der Waals surface area contributed by atoms with Gasteiger partial charge < -0.3 is 5.32 Å². The molecule has 8 heteroatoms. The summed E-state index contributed by atoms with van der Waals surface area (Å²) in [5.41, 5.74) is 1.06. The fourth-order valence-electron chi connectivity index (χ4n) is 2.94. The van der Waals surface area contributed by atoms with Gasteiger partial charge in [0.2, 0.25) is 17.6 Å². The summed E-state index contributed by atoms with van der Waals surface area (Å²) in [6, 6.07) is 13.7. The van der Waals surface area contributed by atoms with Gasteiger partial charge >= 0.3 is 0 Å². The minimum absolute atomic E-state index is 0.00394. The first-order valence-electron chi connectivity index (χ1n) is 8.73. The molecule has 0 fully saturated rings. The van der Waals surface area contributed by atoms with Crippen molar-refractivity contribution < 1.29 is 9.59 Å². The van der Waals surface area contributed by atoms with Gasteiger partial charge in [-0.2, -0.15) is 0 Å². The molecule has 28 heavy (non-hydrogen) atoms. The number of carbonyl (C=O) groups excluding carboxylic acids is 2. The predicted octanol–water partition coefficient (Wildman–Crippen LogP) is 3.06. The molecule has 7 nitrogen and oxygen atoms in total. The van der Waals surface area contributed by atoms with Gasteiger partial charge in [0.1, 0.15) is 6.54 Å². The lowest BCUT2D eigenvalue weighted by Crippen LogP contribution is -2.38. The van der Waals surface area contributed by atoms with E-state index in [1.165, 1.54) is 16.4 Å². The maximum absolute atomic E-state index is 13.0. The van der Waals surface area contributed by atoms with Gasteiger partial charge in [-0.15, -0.1) is 0 Å². The highest BCUT2D eigenvalue weighted by molar-refractivity contribution is 6.30. The Hall–Kier alpha value is -3.19. The Morgan fingerprint density at radius 3 is 2.61 bits per heavy atom. The van der Waals surface area contributed by atoms with Crippen LogP contribution in [0.3, 0.4) is 0 Å². The molecule has 2 aromatic carbocycles. The second kappa shape index (κ2) is 8.22. The van der Waals surface area contributed by atoms with Crippen LogP contribution >= 0.6 is 11.6 Å². The van der Waals surface area contributed by atoms with Gasteiger partial charge in [-0.3, -0.25) is 23.9 Å². The van der Waals surface area contributed by atoms with E-state index in [4.69, 9.17) is 11.6 Å². The van der Waals surface area contributed by atoms with Crippen molar-refractivity contribution in [3.05, 3.63) is 63.9 Å². The van der Waals surface area contributed by atoms with Crippen LogP contribution in [-0.2, 0) is 16.1 Å². The Kier molecular flexibility index (Phi) is 5.75. The molecule has 0 atom stereocenters. The standard InChI is InChI=1S/C20H19ClN4O3/c1-3-24(13(2)26)19-20(28)25(17-10-5-4-9-16(17)23-19)12-18(27)22-15-8-6-7-14(21)11-15/h4-11H,3,12H2,1-2H3,(H,22,27). The number of rotatable bonds is 5. The number of hydrogen-bond donors (Lipinski definition) is 1. The molecule has 0 aliphatic carbocycles. The number of amides is 2. The minimum Gasteiger partial charge on any atom is -0.324 e. The van der Waals surface area contributed by atoms with E-state index in [0.29, 0.717) is 28.3 Å². The number of nitrogens with zero attached hydrogens (tertiary/aromatic N) is 3. The van der Waals surface area contributed by atoms with Crippen LogP contribution in [0.2, 0.25) is 5.02 Å². The molecule has 1 heterocycles. The zero-order valence-corrected chi connectivity index (χ0v) is 16.2. The summed E-state index contributed by atoms with van der Waals surface area (Å²) in [7, 11) is 0. The third-order valence-electron chi connectivity index (χ3n) is 4.20. The third-order valence-corrected chi connectivity index (χ3v) is 4.43. The fourth-order valence-corrected chi connectivity index (χ4v) is 3.13. The predicted molar refractivity (Wildman–Crippen MR) is 110 cm³/mol. The molecule has 0 aliphatic heterocycles. The molecule has 0 radical (unpaired) electrons. The van der Waals surface area contributed by atoms with Crippen LogP contribution in [0.5, 0.6) is 0 Å². The van der Waals surface area contributed by atoms with E-state index in [-0.39, 0.29) is 18.3 Å². The summed E-state index contributed by atoms with van der Waals surface area (Å²) in [6.07, 6.45) is 0. The van der Waals surface area contributed by atoms with Crippen molar-refractivity contribution in [1.29, 1.82) is 0 Å². The lowest BCUT2D eigenvalue weighted by atomic mass is 10.2. The number of para-hydroxylation sites is 2. The summed E-state index contributed by atoms with van der Waals surface area (Å²) in [5, 5.41) is 3.22. The van der Waals surface area contributed by atoms with Gasteiger partial charge in [0.15, 0.2) is 0 Å². The van der Waals surface area contributed by atoms with Crippen LogP contribution in [0.25, 0.3) is 11.0 Å². The number of aromatic nitrogens is 2. The van der Waals surface area contributed by atoms with Crippen molar-refractivity contribution >= 4 is 46.0 Å². The average Bonchev–Trinajstić information content (AvgIpc) is 2.65. The van der Waals surface area contributed by atoms with Crippen molar-refractivity contribution in [2.75, 3.05) is 16.8 Å². The monoisotopic (exact) mass is 398 g/mol. The zero-order chi connectivity index (χ0) is 20.3. The van der Waals surface area contributed by atoms with Crippen molar-refractivity contribution in [1.82, 2.24) is 9.55 Å². The number of fused-ring (bicyclic) bond motifs is 1. The molecule has 144 valence electrons. The lowest BCUT2D eigenvalue weighted by Gasteiger charge is -2.19.